The summed E-state index contributed by atoms with van der Waals surface area (Å²) in [5, 5.41) is 41.1. The van der Waals surface area contributed by atoms with Crippen LogP contribution >= 0.6 is 0 Å². The molecule has 0 saturated heterocycles. The molecule has 4 atom stereocenters. The van der Waals surface area contributed by atoms with Gasteiger partial charge in [-0.3, -0.25) is 19.2 Å². The van der Waals surface area contributed by atoms with Gasteiger partial charge in [0.05, 0.1) is 97.2 Å². The Balaban J connectivity index is 0.000000380. The van der Waals surface area contributed by atoms with Crippen LogP contribution < -0.4 is 37.9 Å². The molecule has 0 aliphatic rings. The quantitative estimate of drug-likeness (QED) is 0.0384. The smallest absolute Gasteiger partial charge is 0.309 e. The molecular formula is C52H68O20. The Hall–Kier alpha value is -7.64. The van der Waals surface area contributed by atoms with Gasteiger partial charge >= 0.3 is 23.9 Å². The van der Waals surface area contributed by atoms with Gasteiger partial charge in [0.15, 0.2) is 46.0 Å². The normalized spacial score (nSPS) is 12.3. The van der Waals surface area contributed by atoms with E-state index in [1.54, 1.807) is 48.5 Å². The summed E-state index contributed by atoms with van der Waals surface area (Å²) < 4.78 is 61.9. The van der Waals surface area contributed by atoms with Gasteiger partial charge in [-0.25, -0.2) is 0 Å². The zero-order valence-electron chi connectivity index (χ0n) is 42.9. The summed E-state index contributed by atoms with van der Waals surface area (Å²) in [4.78, 5) is 49.9. The van der Waals surface area contributed by atoms with Crippen molar-refractivity contribution in [3.05, 3.63) is 70.8 Å². The second-order valence-electron chi connectivity index (χ2n) is 16.2. The fourth-order valence-corrected chi connectivity index (χ4v) is 8.27. The van der Waals surface area contributed by atoms with Crippen molar-refractivity contribution >= 4 is 23.9 Å². The molecule has 4 rings (SSSR count). The number of rotatable bonds is 26. The van der Waals surface area contributed by atoms with Crippen LogP contribution in [-0.4, -0.2) is 130 Å². The number of phenols is 4. The summed E-state index contributed by atoms with van der Waals surface area (Å²) >= 11 is 0. The summed E-state index contributed by atoms with van der Waals surface area (Å²) in [7, 11) is 16.6. The third kappa shape index (κ3) is 15.7. The van der Waals surface area contributed by atoms with Crippen LogP contribution in [0.1, 0.15) is 47.9 Å². The van der Waals surface area contributed by atoms with E-state index in [0.29, 0.717) is 36.8 Å². The summed E-state index contributed by atoms with van der Waals surface area (Å²) in [6.07, 6.45) is 1.95. The first-order chi connectivity index (χ1) is 34.4. The lowest BCUT2D eigenvalue weighted by Crippen LogP contribution is -2.29. The molecule has 0 aliphatic heterocycles. The molecule has 0 bridgehead atoms. The molecule has 0 unspecified atom stereocenters. The number of benzene rings is 4. The number of aromatic hydroxyl groups is 4. The van der Waals surface area contributed by atoms with Gasteiger partial charge in [-0.15, -0.1) is 0 Å². The van der Waals surface area contributed by atoms with Crippen molar-refractivity contribution in [2.24, 2.45) is 23.7 Å². The van der Waals surface area contributed by atoms with Crippen LogP contribution in [0, 0.1) is 23.7 Å². The maximum Gasteiger partial charge on any atom is 0.309 e. The highest BCUT2D eigenvalue weighted by molar-refractivity contribution is 5.75. The largest absolute Gasteiger partial charge is 0.502 e. The molecule has 0 radical (unpaired) electrons. The first-order valence-corrected chi connectivity index (χ1v) is 22.5. The fraction of sp³-hybridized carbons (Fsp3) is 0.462. The van der Waals surface area contributed by atoms with Crippen molar-refractivity contribution in [1.29, 1.82) is 0 Å². The summed E-state index contributed by atoms with van der Waals surface area (Å²) in [6.45, 7) is 0. The van der Waals surface area contributed by atoms with Crippen molar-refractivity contribution in [3.8, 4) is 69.0 Å². The van der Waals surface area contributed by atoms with Gasteiger partial charge in [0.1, 0.15) is 0 Å². The molecule has 4 aromatic rings. The zero-order valence-corrected chi connectivity index (χ0v) is 42.9. The molecule has 0 fully saturated rings. The standard InChI is InChI=1S/2C26H34O10/c2*1-31-19-11-15(12-20(32-2)24(19)28)9-17(7-8-23(27)35-5)18(26(30)36-6)10-16-13-21(33-3)25(29)22(14-16)34-4/h2*11-14,17-18,28-29H,7-10H2,1-6H3/t2*17-,18-/m10/s1. The number of hydrogen-bond donors (Lipinski definition) is 4. The van der Waals surface area contributed by atoms with E-state index >= 15 is 0 Å². The topological polar surface area (TPSA) is 260 Å². The average Bonchev–Trinajstić information content (AvgIpc) is 3.40. The number of hydrogen-bond acceptors (Lipinski definition) is 20. The van der Waals surface area contributed by atoms with Crippen molar-refractivity contribution in [2.75, 3.05) is 85.3 Å². The van der Waals surface area contributed by atoms with Crippen LogP contribution in [0.2, 0.25) is 0 Å². The molecule has 0 aromatic heterocycles. The minimum Gasteiger partial charge on any atom is -0.502 e. The van der Waals surface area contributed by atoms with E-state index in [9.17, 15) is 39.6 Å². The third-order valence-corrected chi connectivity index (χ3v) is 12.1. The molecule has 0 saturated carbocycles. The maximum absolute atomic E-state index is 13.0. The number of methoxy groups -OCH3 is 12. The fourth-order valence-electron chi connectivity index (χ4n) is 8.27. The van der Waals surface area contributed by atoms with Crippen LogP contribution in [0.15, 0.2) is 48.5 Å². The Morgan fingerprint density at radius 2 is 0.556 bits per heavy atom. The monoisotopic (exact) mass is 1010 g/mol. The average molecular weight is 1010 g/mol. The van der Waals surface area contributed by atoms with Gasteiger partial charge in [-0.1, -0.05) is 0 Å². The maximum atomic E-state index is 13.0. The number of carbonyl (C=O) groups is 4. The second kappa shape index (κ2) is 28.9. The Bertz CT molecular complexity index is 2170. The predicted octanol–water partition coefficient (Wildman–Crippen LogP) is 6.55. The zero-order chi connectivity index (χ0) is 53.7. The van der Waals surface area contributed by atoms with Gasteiger partial charge < -0.3 is 77.3 Å². The van der Waals surface area contributed by atoms with Gasteiger partial charge in [0, 0.05) is 12.8 Å². The molecule has 396 valence electrons. The van der Waals surface area contributed by atoms with E-state index < -0.39 is 35.7 Å². The minimum atomic E-state index is -0.676. The van der Waals surface area contributed by atoms with E-state index in [-0.39, 0.29) is 107 Å². The number of esters is 4. The van der Waals surface area contributed by atoms with E-state index in [4.69, 9.17) is 56.8 Å². The Kier molecular flexibility index (Phi) is 23.5. The molecule has 20 nitrogen and oxygen atoms in total. The molecule has 4 aromatic carbocycles. The number of ether oxygens (including phenoxy) is 12. The van der Waals surface area contributed by atoms with Crippen LogP contribution in [-0.2, 0) is 63.8 Å². The van der Waals surface area contributed by atoms with E-state index in [2.05, 4.69) is 0 Å². The van der Waals surface area contributed by atoms with Gasteiger partial charge in [-0.2, -0.15) is 0 Å². The SMILES string of the molecule is COC(=O)CC[C@@H](Cc1cc(OC)c(O)c(OC)c1)[C@H](Cc1cc(OC)c(O)c(OC)c1)C(=O)OC.COC(=O)CC[C@H](Cc1cc(OC)c(O)c(OC)c1)[C@@H](Cc1cc(OC)c(O)c(OC)c1)C(=O)OC. The van der Waals surface area contributed by atoms with Gasteiger partial charge in [-0.05, 0) is 121 Å². The second-order valence-corrected chi connectivity index (χ2v) is 16.2. The highest BCUT2D eigenvalue weighted by Crippen LogP contribution is 2.43. The van der Waals surface area contributed by atoms with Gasteiger partial charge in [0.2, 0.25) is 23.0 Å². The molecule has 4 N–H and O–H groups in total. The lowest BCUT2D eigenvalue weighted by Gasteiger charge is -2.26. The highest BCUT2D eigenvalue weighted by Gasteiger charge is 2.33. The molecular weight excluding hydrogens is 945 g/mol. The van der Waals surface area contributed by atoms with E-state index in [1.165, 1.54) is 85.3 Å². The van der Waals surface area contributed by atoms with Crippen molar-refractivity contribution < 1.29 is 96.4 Å². The minimum absolute atomic E-state index is 0.0865. The third-order valence-electron chi connectivity index (χ3n) is 12.1. The molecule has 0 heterocycles. The summed E-state index contributed by atoms with van der Waals surface area (Å²) in [5.74, 6) is -2.72. The molecule has 0 amide bonds. The number of phenolic OH excluding ortho intramolecular Hbond substituents is 4. The van der Waals surface area contributed by atoms with E-state index in [1.807, 2.05) is 0 Å². The molecule has 72 heavy (non-hydrogen) atoms. The first kappa shape index (κ1) is 58.7. The Morgan fingerprint density at radius 1 is 0.347 bits per heavy atom. The van der Waals surface area contributed by atoms with Crippen LogP contribution in [0.3, 0.4) is 0 Å². The number of carbonyl (C=O) groups excluding carboxylic acids is 4. The van der Waals surface area contributed by atoms with Crippen molar-refractivity contribution in [2.45, 2.75) is 51.4 Å². The van der Waals surface area contributed by atoms with E-state index in [0.717, 1.165) is 11.1 Å². The summed E-state index contributed by atoms with van der Waals surface area (Å²) in [5.41, 5.74) is 2.79. The lowest BCUT2D eigenvalue weighted by molar-refractivity contribution is -0.149. The van der Waals surface area contributed by atoms with Crippen LogP contribution in [0.5, 0.6) is 69.0 Å². The van der Waals surface area contributed by atoms with Crippen molar-refractivity contribution in [1.82, 2.24) is 0 Å². The van der Waals surface area contributed by atoms with Crippen LogP contribution in [0.4, 0.5) is 0 Å². The lowest BCUT2D eigenvalue weighted by atomic mass is 9.80. The Morgan fingerprint density at radius 3 is 0.736 bits per heavy atom. The summed E-state index contributed by atoms with van der Waals surface area (Å²) in [6, 6.07) is 13.1. The Labute approximate surface area is 419 Å². The highest BCUT2D eigenvalue weighted by atomic mass is 16.5. The molecule has 0 aliphatic carbocycles. The first-order valence-electron chi connectivity index (χ1n) is 22.5. The molecule has 20 heteroatoms. The van der Waals surface area contributed by atoms with Crippen molar-refractivity contribution in [3.63, 3.8) is 0 Å². The van der Waals surface area contributed by atoms with Crippen LogP contribution in [0.25, 0.3) is 0 Å². The van der Waals surface area contributed by atoms with Gasteiger partial charge in [0.25, 0.3) is 0 Å². The molecule has 0 spiro atoms. The predicted molar refractivity (Wildman–Crippen MR) is 260 cm³/mol.